The fraction of sp³-hybridized carbons (Fsp3) is 0.444. The van der Waals surface area contributed by atoms with Gasteiger partial charge in [-0.05, 0) is 42.5 Å². The molecular weight excluding hydrogens is 428 g/mol. The van der Waals surface area contributed by atoms with Gasteiger partial charge in [-0.3, -0.25) is 4.79 Å². The average molecular weight is 463 g/mol. The molecule has 0 unspecified atom stereocenters. The molecule has 174 valence electrons. The monoisotopic (exact) mass is 462 g/mol. The number of hydrogen-bond donors (Lipinski definition) is 0. The summed E-state index contributed by atoms with van der Waals surface area (Å²) in [5, 5.41) is 0.961. The fourth-order valence-electron chi connectivity index (χ4n) is 4.29. The molecule has 3 aromatic rings. The van der Waals surface area contributed by atoms with Gasteiger partial charge in [-0.1, -0.05) is 68.7 Å². The van der Waals surface area contributed by atoms with E-state index in [-0.39, 0.29) is 5.91 Å². The summed E-state index contributed by atoms with van der Waals surface area (Å²) in [5.74, 6) is 1.00. The molecule has 1 amide bonds. The molecule has 0 radical (unpaired) electrons. The Bertz CT molecular complexity index is 1000. The number of carbonyl (C=O) groups excluding carboxylic acids is 1. The second-order valence-corrected chi connectivity index (χ2v) is 9.53. The molecule has 0 N–H and O–H groups in total. The van der Waals surface area contributed by atoms with Crippen LogP contribution in [0.5, 0.6) is 0 Å². The number of hydrogen-bond acceptors (Lipinski definition) is 5. The standard InChI is InChI=1S/C27H34N4OS/c1-2-3-4-6-10-22-13-15-24(16-14-22)26(32)30-17-9-18-31(20-19-30)27-28-25(29-33-27)21-23-11-7-5-8-12-23/h5,7-8,11-16H,2-4,6,9-10,17-21H2,1H3. The van der Waals surface area contributed by atoms with Gasteiger partial charge in [0.2, 0.25) is 5.13 Å². The Labute approximate surface area is 201 Å². The van der Waals surface area contributed by atoms with Crippen molar-refractivity contribution in [1.82, 2.24) is 14.3 Å². The third-order valence-corrected chi connectivity index (χ3v) is 7.05. The van der Waals surface area contributed by atoms with E-state index in [9.17, 15) is 4.79 Å². The summed E-state index contributed by atoms with van der Waals surface area (Å²) < 4.78 is 4.57. The van der Waals surface area contributed by atoms with Crippen LogP contribution in [0.1, 0.15) is 66.3 Å². The maximum absolute atomic E-state index is 13.1. The molecule has 2 heterocycles. The Hall–Kier alpha value is -2.73. The van der Waals surface area contributed by atoms with Crippen molar-refractivity contribution in [2.24, 2.45) is 0 Å². The van der Waals surface area contributed by atoms with Crippen molar-refractivity contribution in [3.8, 4) is 0 Å². The molecule has 5 nitrogen and oxygen atoms in total. The summed E-state index contributed by atoms with van der Waals surface area (Å²) in [7, 11) is 0. The van der Waals surface area contributed by atoms with Crippen molar-refractivity contribution in [1.29, 1.82) is 0 Å². The Balaban J connectivity index is 1.30. The molecule has 1 aliphatic heterocycles. The van der Waals surface area contributed by atoms with Gasteiger partial charge in [0.05, 0.1) is 0 Å². The topological polar surface area (TPSA) is 49.3 Å². The highest BCUT2D eigenvalue weighted by Crippen LogP contribution is 2.21. The van der Waals surface area contributed by atoms with Gasteiger partial charge in [-0.2, -0.15) is 4.37 Å². The summed E-state index contributed by atoms with van der Waals surface area (Å²) in [4.78, 5) is 22.1. The lowest BCUT2D eigenvalue weighted by atomic mass is 10.0. The van der Waals surface area contributed by atoms with Gasteiger partial charge in [0.25, 0.3) is 5.91 Å². The first kappa shape index (κ1) is 23.4. The predicted molar refractivity (Wildman–Crippen MR) is 136 cm³/mol. The van der Waals surface area contributed by atoms with Crippen molar-refractivity contribution >= 4 is 22.6 Å². The van der Waals surface area contributed by atoms with Crippen LogP contribution in [0.2, 0.25) is 0 Å². The van der Waals surface area contributed by atoms with Crippen LogP contribution in [0.15, 0.2) is 54.6 Å². The highest BCUT2D eigenvalue weighted by Gasteiger charge is 2.22. The lowest BCUT2D eigenvalue weighted by Gasteiger charge is -2.21. The number of rotatable bonds is 9. The van der Waals surface area contributed by atoms with Gasteiger partial charge < -0.3 is 9.80 Å². The van der Waals surface area contributed by atoms with E-state index in [2.05, 4.69) is 40.5 Å². The second-order valence-electron chi connectivity index (χ2n) is 8.80. The van der Waals surface area contributed by atoms with Crippen LogP contribution in [0.25, 0.3) is 0 Å². The Kier molecular flexibility index (Phi) is 8.47. The molecular formula is C27H34N4OS. The smallest absolute Gasteiger partial charge is 0.253 e. The molecule has 0 spiro atoms. The van der Waals surface area contributed by atoms with Crippen molar-refractivity contribution in [2.45, 2.75) is 51.9 Å². The minimum absolute atomic E-state index is 0.136. The highest BCUT2D eigenvalue weighted by molar-refractivity contribution is 7.09. The van der Waals surface area contributed by atoms with Crippen LogP contribution < -0.4 is 4.90 Å². The Morgan fingerprint density at radius 1 is 0.909 bits per heavy atom. The molecule has 4 rings (SSSR count). The van der Waals surface area contributed by atoms with E-state index in [1.165, 1.54) is 48.3 Å². The third-order valence-electron chi connectivity index (χ3n) is 6.24. The molecule has 33 heavy (non-hydrogen) atoms. The van der Waals surface area contributed by atoms with Gasteiger partial charge in [0, 0.05) is 49.7 Å². The van der Waals surface area contributed by atoms with Crippen LogP contribution in [0.4, 0.5) is 5.13 Å². The zero-order valence-electron chi connectivity index (χ0n) is 19.6. The lowest BCUT2D eigenvalue weighted by Crippen LogP contribution is -2.35. The molecule has 1 saturated heterocycles. The van der Waals surface area contributed by atoms with Crippen LogP contribution in [0.3, 0.4) is 0 Å². The first-order chi connectivity index (χ1) is 16.2. The number of nitrogens with zero attached hydrogens (tertiary/aromatic N) is 4. The summed E-state index contributed by atoms with van der Waals surface area (Å²) in [6.45, 7) is 5.43. The van der Waals surface area contributed by atoms with Gasteiger partial charge >= 0.3 is 0 Å². The minimum atomic E-state index is 0.136. The van der Waals surface area contributed by atoms with Crippen LogP contribution >= 0.6 is 11.5 Å². The largest absolute Gasteiger partial charge is 0.345 e. The van der Waals surface area contributed by atoms with E-state index in [4.69, 9.17) is 4.98 Å². The molecule has 2 aromatic carbocycles. The first-order valence-corrected chi connectivity index (χ1v) is 13.0. The lowest BCUT2D eigenvalue weighted by molar-refractivity contribution is 0.0767. The number of aromatic nitrogens is 2. The maximum Gasteiger partial charge on any atom is 0.253 e. The van der Waals surface area contributed by atoms with Crippen LogP contribution in [-0.4, -0.2) is 46.3 Å². The molecule has 0 bridgehead atoms. The summed E-state index contributed by atoms with van der Waals surface area (Å²) in [6, 6.07) is 18.6. The van der Waals surface area contributed by atoms with E-state index < -0.39 is 0 Å². The van der Waals surface area contributed by atoms with E-state index >= 15 is 0 Å². The molecule has 0 atom stereocenters. The van der Waals surface area contributed by atoms with Crippen molar-refractivity contribution in [3.63, 3.8) is 0 Å². The molecule has 1 aromatic heterocycles. The van der Waals surface area contributed by atoms with Gasteiger partial charge in [-0.15, -0.1) is 0 Å². The summed E-state index contributed by atoms with van der Waals surface area (Å²) >= 11 is 1.46. The Morgan fingerprint density at radius 2 is 1.73 bits per heavy atom. The van der Waals surface area contributed by atoms with Gasteiger partial charge in [0.15, 0.2) is 0 Å². The number of anilines is 1. The molecule has 0 saturated carbocycles. The normalized spacial score (nSPS) is 14.3. The molecule has 1 aliphatic rings. The van der Waals surface area contributed by atoms with Crippen molar-refractivity contribution < 1.29 is 4.79 Å². The van der Waals surface area contributed by atoms with Gasteiger partial charge in [0.1, 0.15) is 5.82 Å². The summed E-state index contributed by atoms with van der Waals surface area (Å²) in [5.41, 5.74) is 3.34. The van der Waals surface area contributed by atoms with Crippen molar-refractivity contribution in [2.75, 3.05) is 31.1 Å². The van der Waals surface area contributed by atoms with Gasteiger partial charge in [-0.25, -0.2) is 4.98 Å². The van der Waals surface area contributed by atoms with E-state index in [1.54, 1.807) is 0 Å². The fourth-order valence-corrected chi connectivity index (χ4v) is 5.02. The van der Waals surface area contributed by atoms with E-state index in [1.807, 2.05) is 35.2 Å². The van der Waals surface area contributed by atoms with E-state index in [0.29, 0.717) is 6.54 Å². The number of unbranched alkanes of at least 4 members (excludes halogenated alkanes) is 3. The van der Waals surface area contributed by atoms with E-state index in [0.717, 1.165) is 55.4 Å². The number of amides is 1. The third kappa shape index (κ3) is 6.64. The molecule has 1 fully saturated rings. The highest BCUT2D eigenvalue weighted by atomic mass is 32.1. The zero-order chi connectivity index (χ0) is 22.9. The second kappa shape index (κ2) is 11.9. The van der Waals surface area contributed by atoms with Crippen molar-refractivity contribution in [3.05, 3.63) is 77.1 Å². The maximum atomic E-state index is 13.1. The summed E-state index contributed by atoms with van der Waals surface area (Å²) in [6.07, 6.45) is 7.86. The number of benzene rings is 2. The SMILES string of the molecule is CCCCCCc1ccc(C(=O)N2CCCN(c3nc(Cc4ccccc4)ns3)CC2)cc1. The molecule has 0 aliphatic carbocycles. The average Bonchev–Trinajstić information content (AvgIpc) is 3.17. The predicted octanol–water partition coefficient (Wildman–Crippen LogP) is 5.60. The minimum Gasteiger partial charge on any atom is -0.345 e. The Morgan fingerprint density at radius 3 is 2.52 bits per heavy atom. The number of carbonyl (C=O) groups is 1. The number of aryl methyl sites for hydroxylation is 1. The zero-order valence-corrected chi connectivity index (χ0v) is 20.4. The first-order valence-electron chi connectivity index (χ1n) is 12.2. The van der Waals surface area contributed by atoms with Crippen LogP contribution in [-0.2, 0) is 12.8 Å². The molecule has 6 heteroatoms. The quantitative estimate of drug-likeness (QED) is 0.388. The van der Waals surface area contributed by atoms with Crippen LogP contribution in [0, 0.1) is 0 Å².